The van der Waals surface area contributed by atoms with Crippen LogP contribution in [0.5, 0.6) is 0 Å². The van der Waals surface area contributed by atoms with Crippen LogP contribution in [0.2, 0.25) is 0 Å². The van der Waals surface area contributed by atoms with Gasteiger partial charge in [0.25, 0.3) is 0 Å². The van der Waals surface area contributed by atoms with Crippen LogP contribution >= 0.6 is 11.3 Å². The van der Waals surface area contributed by atoms with Gasteiger partial charge in [-0.3, -0.25) is 0 Å². The molecule has 5 nitrogen and oxygen atoms in total. The van der Waals surface area contributed by atoms with E-state index in [9.17, 15) is 8.42 Å². The Balaban J connectivity index is 2.64. The van der Waals surface area contributed by atoms with Gasteiger partial charge in [0, 0.05) is 38.2 Å². The molecule has 0 radical (unpaired) electrons. The van der Waals surface area contributed by atoms with Gasteiger partial charge < -0.3 is 9.84 Å². The van der Waals surface area contributed by atoms with Gasteiger partial charge in [0.05, 0.1) is 0 Å². The largest absolute Gasteiger partial charge is 0.396 e. The Kier molecular flexibility index (Phi) is 6.60. The molecular formula is C13H23NO4S2. The lowest BCUT2D eigenvalue weighted by Gasteiger charge is -2.24. The van der Waals surface area contributed by atoms with Gasteiger partial charge in [0.1, 0.15) is 4.21 Å². The fraction of sp³-hybridized carbons (Fsp3) is 0.692. The molecular weight excluding hydrogens is 298 g/mol. The van der Waals surface area contributed by atoms with Crippen LogP contribution in [0, 0.1) is 5.41 Å². The minimum Gasteiger partial charge on any atom is -0.396 e. The Morgan fingerprint density at radius 3 is 2.70 bits per heavy atom. The number of aliphatic hydroxyl groups excluding tert-OH is 1. The molecule has 0 aliphatic rings. The van der Waals surface area contributed by atoms with E-state index in [2.05, 4.69) is 4.72 Å². The number of rotatable bonds is 9. The van der Waals surface area contributed by atoms with Crippen LogP contribution in [0.25, 0.3) is 0 Å². The molecule has 116 valence electrons. The summed E-state index contributed by atoms with van der Waals surface area (Å²) in [6.07, 6.45) is 1.27. The first kappa shape index (κ1) is 17.6. The van der Waals surface area contributed by atoms with Gasteiger partial charge in [-0.1, -0.05) is 13.8 Å². The molecule has 0 aromatic carbocycles. The lowest BCUT2D eigenvalue weighted by molar-refractivity contribution is 0.153. The number of ether oxygens (including phenoxy) is 1. The standard InChI is InChI=1S/C13H23NO4S2/c1-13(2,7-9-18-3)10-14-20(16,17)12-5-4-11(19-12)6-8-15/h4-5,14-15H,6-10H2,1-3H3. The van der Waals surface area contributed by atoms with Crippen LogP contribution in [0.4, 0.5) is 0 Å². The molecule has 0 bridgehead atoms. The van der Waals surface area contributed by atoms with E-state index >= 15 is 0 Å². The second-order valence-corrected chi connectivity index (χ2v) is 8.59. The summed E-state index contributed by atoms with van der Waals surface area (Å²) in [7, 11) is -1.84. The third-order valence-corrected chi connectivity index (χ3v) is 6.02. The van der Waals surface area contributed by atoms with Gasteiger partial charge in [-0.2, -0.15) is 0 Å². The van der Waals surface area contributed by atoms with E-state index in [0.717, 1.165) is 11.3 Å². The van der Waals surface area contributed by atoms with E-state index in [1.54, 1.807) is 19.2 Å². The number of hydrogen-bond acceptors (Lipinski definition) is 5. The Morgan fingerprint density at radius 1 is 1.40 bits per heavy atom. The molecule has 2 N–H and O–H groups in total. The fourth-order valence-electron chi connectivity index (χ4n) is 1.58. The van der Waals surface area contributed by atoms with Crippen molar-refractivity contribution >= 4 is 21.4 Å². The summed E-state index contributed by atoms with van der Waals surface area (Å²) in [6.45, 7) is 5.00. The van der Waals surface area contributed by atoms with Crippen LogP contribution in [-0.2, 0) is 21.2 Å². The van der Waals surface area contributed by atoms with E-state index in [1.165, 1.54) is 11.3 Å². The minimum atomic E-state index is -3.47. The molecule has 0 aliphatic heterocycles. The van der Waals surface area contributed by atoms with Crippen molar-refractivity contribution in [1.29, 1.82) is 0 Å². The van der Waals surface area contributed by atoms with Gasteiger partial charge >= 0.3 is 0 Å². The lowest BCUT2D eigenvalue weighted by Crippen LogP contribution is -2.34. The zero-order valence-electron chi connectivity index (χ0n) is 12.2. The Labute approximate surface area is 125 Å². The number of aliphatic hydroxyl groups is 1. The highest BCUT2D eigenvalue weighted by atomic mass is 32.2. The molecule has 0 atom stereocenters. The molecule has 0 saturated carbocycles. The molecule has 7 heteroatoms. The van der Waals surface area contributed by atoms with Gasteiger partial charge in [-0.05, 0) is 24.0 Å². The summed E-state index contributed by atoms with van der Waals surface area (Å²) in [5.41, 5.74) is -0.158. The van der Waals surface area contributed by atoms with Gasteiger partial charge in [-0.25, -0.2) is 13.1 Å². The average molecular weight is 321 g/mol. The zero-order chi connectivity index (χ0) is 15.2. The quantitative estimate of drug-likeness (QED) is 0.725. The molecule has 1 aromatic heterocycles. The third kappa shape index (κ3) is 5.49. The SMILES string of the molecule is COCCC(C)(C)CNS(=O)(=O)c1ccc(CCO)s1. The maximum Gasteiger partial charge on any atom is 0.250 e. The first-order chi connectivity index (χ1) is 9.30. The van der Waals surface area contributed by atoms with Crippen LogP contribution < -0.4 is 4.72 Å². The monoisotopic (exact) mass is 321 g/mol. The highest BCUT2D eigenvalue weighted by Crippen LogP contribution is 2.24. The Bertz CT molecular complexity index is 508. The first-order valence-corrected chi connectivity index (χ1v) is 8.79. The van der Waals surface area contributed by atoms with E-state index < -0.39 is 10.0 Å². The molecule has 0 fully saturated rings. The van der Waals surface area contributed by atoms with E-state index in [1.807, 2.05) is 13.8 Å². The maximum atomic E-state index is 12.2. The summed E-state index contributed by atoms with van der Waals surface area (Å²) in [6, 6.07) is 3.33. The zero-order valence-corrected chi connectivity index (χ0v) is 13.8. The summed E-state index contributed by atoms with van der Waals surface area (Å²) in [5, 5.41) is 8.85. The van der Waals surface area contributed by atoms with Gasteiger partial charge in [0.2, 0.25) is 10.0 Å². The average Bonchev–Trinajstić information content (AvgIpc) is 2.84. The molecule has 0 aliphatic carbocycles. The molecule has 0 saturated heterocycles. The number of thiophene rings is 1. The second kappa shape index (κ2) is 7.51. The summed E-state index contributed by atoms with van der Waals surface area (Å²) < 4.78 is 32.3. The van der Waals surface area contributed by atoms with E-state index in [-0.39, 0.29) is 12.0 Å². The van der Waals surface area contributed by atoms with Gasteiger partial charge in [0.15, 0.2) is 0 Å². The number of hydrogen-bond donors (Lipinski definition) is 2. The fourth-order valence-corrected chi connectivity index (χ4v) is 4.21. The topological polar surface area (TPSA) is 75.6 Å². The van der Waals surface area contributed by atoms with E-state index in [0.29, 0.717) is 23.8 Å². The van der Waals surface area contributed by atoms with Crippen molar-refractivity contribution in [3.8, 4) is 0 Å². The molecule has 1 aromatic rings. The molecule has 0 spiro atoms. The highest BCUT2D eigenvalue weighted by Gasteiger charge is 2.23. The van der Waals surface area contributed by atoms with Crippen LogP contribution in [0.15, 0.2) is 16.3 Å². The first-order valence-electron chi connectivity index (χ1n) is 6.49. The molecule has 0 unspecified atom stereocenters. The van der Waals surface area contributed by atoms with Crippen molar-refractivity contribution in [2.24, 2.45) is 5.41 Å². The molecule has 1 rings (SSSR count). The minimum absolute atomic E-state index is 0.0253. The number of nitrogens with one attached hydrogen (secondary N) is 1. The maximum absolute atomic E-state index is 12.2. The second-order valence-electron chi connectivity index (χ2n) is 5.43. The summed E-state index contributed by atoms with van der Waals surface area (Å²) >= 11 is 1.20. The van der Waals surface area contributed by atoms with Crippen molar-refractivity contribution in [1.82, 2.24) is 4.72 Å². The highest BCUT2D eigenvalue weighted by molar-refractivity contribution is 7.91. The molecule has 1 heterocycles. The van der Waals surface area contributed by atoms with Crippen molar-refractivity contribution < 1.29 is 18.3 Å². The number of methoxy groups -OCH3 is 1. The lowest BCUT2D eigenvalue weighted by atomic mass is 9.90. The van der Waals surface area contributed by atoms with Crippen molar-refractivity contribution in [2.75, 3.05) is 26.9 Å². The Hall–Kier alpha value is -0.470. The number of sulfonamides is 1. The normalized spacial score (nSPS) is 12.8. The van der Waals surface area contributed by atoms with Gasteiger partial charge in [-0.15, -0.1) is 11.3 Å². The van der Waals surface area contributed by atoms with Crippen LogP contribution in [0.3, 0.4) is 0 Å². The molecule has 20 heavy (non-hydrogen) atoms. The van der Waals surface area contributed by atoms with Crippen LogP contribution in [-0.4, -0.2) is 40.4 Å². The third-order valence-electron chi connectivity index (χ3n) is 2.98. The Morgan fingerprint density at radius 2 is 2.10 bits per heavy atom. The smallest absolute Gasteiger partial charge is 0.250 e. The predicted octanol–water partition coefficient (Wildman–Crippen LogP) is 1.62. The van der Waals surface area contributed by atoms with Crippen molar-refractivity contribution in [3.05, 3.63) is 17.0 Å². The van der Waals surface area contributed by atoms with Crippen molar-refractivity contribution in [2.45, 2.75) is 30.9 Å². The van der Waals surface area contributed by atoms with Crippen molar-refractivity contribution in [3.63, 3.8) is 0 Å². The summed E-state index contributed by atoms with van der Waals surface area (Å²) in [4.78, 5) is 0.867. The van der Waals surface area contributed by atoms with Crippen LogP contribution in [0.1, 0.15) is 25.1 Å². The predicted molar refractivity (Wildman–Crippen MR) is 80.6 cm³/mol. The summed E-state index contributed by atoms with van der Waals surface area (Å²) in [5.74, 6) is 0. The van der Waals surface area contributed by atoms with E-state index in [4.69, 9.17) is 9.84 Å². The molecule has 0 amide bonds.